The van der Waals surface area contributed by atoms with Gasteiger partial charge in [0.05, 0.1) is 6.07 Å². The fourth-order valence-corrected chi connectivity index (χ4v) is 2.05. The van der Waals surface area contributed by atoms with Crippen LogP contribution in [0.15, 0.2) is 42.7 Å². The highest BCUT2D eigenvalue weighted by Crippen LogP contribution is 2.34. The molecule has 0 bridgehead atoms. The van der Waals surface area contributed by atoms with Crippen LogP contribution in [0.3, 0.4) is 0 Å². The molecule has 1 atom stereocenters. The maximum absolute atomic E-state index is 9.31. The van der Waals surface area contributed by atoms with Crippen molar-refractivity contribution in [1.29, 1.82) is 5.26 Å². The number of nitriles is 1. The lowest BCUT2D eigenvalue weighted by Crippen LogP contribution is -2.19. The zero-order chi connectivity index (χ0) is 13.8. The molecule has 3 rings (SSSR count). The molecule has 0 radical (unpaired) electrons. The van der Waals surface area contributed by atoms with Crippen molar-refractivity contribution in [3.8, 4) is 17.6 Å². The Labute approximate surface area is 116 Å². The molecule has 1 aliphatic heterocycles. The highest BCUT2D eigenvalue weighted by atomic mass is 16.7. The summed E-state index contributed by atoms with van der Waals surface area (Å²) >= 11 is 0. The molecule has 5 nitrogen and oxygen atoms in total. The van der Waals surface area contributed by atoms with Crippen LogP contribution in [0.4, 0.5) is 0 Å². The molecule has 5 heteroatoms. The van der Waals surface area contributed by atoms with E-state index >= 15 is 0 Å². The van der Waals surface area contributed by atoms with Crippen LogP contribution in [0.2, 0.25) is 0 Å². The van der Waals surface area contributed by atoms with E-state index in [0.29, 0.717) is 12.3 Å². The minimum Gasteiger partial charge on any atom is -0.454 e. The van der Waals surface area contributed by atoms with Gasteiger partial charge in [-0.2, -0.15) is 5.26 Å². The molecule has 0 saturated carbocycles. The molecule has 1 N–H and O–H groups in total. The fourth-order valence-electron chi connectivity index (χ4n) is 2.05. The van der Waals surface area contributed by atoms with Gasteiger partial charge < -0.3 is 9.47 Å². The molecular formula is C15H13N3O2. The number of nitrogens with zero attached hydrogens (tertiary/aromatic N) is 2. The van der Waals surface area contributed by atoms with Gasteiger partial charge in [-0.05, 0) is 29.3 Å². The van der Waals surface area contributed by atoms with Crippen LogP contribution >= 0.6 is 0 Å². The molecule has 0 spiro atoms. The quantitative estimate of drug-likeness (QED) is 0.919. The average molecular weight is 267 g/mol. The molecule has 0 amide bonds. The van der Waals surface area contributed by atoms with Gasteiger partial charge in [0.15, 0.2) is 11.5 Å². The molecule has 2 heterocycles. The van der Waals surface area contributed by atoms with E-state index < -0.39 is 6.04 Å². The standard InChI is InChI=1S/C15H13N3O2/c16-7-13(18-9-11-2-1-5-17-8-11)12-3-4-14-15(6-12)20-10-19-14/h1-6,8,13,18H,9-10H2. The van der Waals surface area contributed by atoms with E-state index in [9.17, 15) is 5.26 Å². The lowest BCUT2D eigenvalue weighted by Gasteiger charge is -2.12. The van der Waals surface area contributed by atoms with Gasteiger partial charge in [-0.15, -0.1) is 0 Å². The maximum Gasteiger partial charge on any atom is 0.231 e. The third kappa shape index (κ3) is 2.56. The van der Waals surface area contributed by atoms with Crippen molar-refractivity contribution in [1.82, 2.24) is 10.3 Å². The van der Waals surface area contributed by atoms with E-state index in [1.54, 1.807) is 12.4 Å². The summed E-state index contributed by atoms with van der Waals surface area (Å²) < 4.78 is 10.6. The fraction of sp³-hybridized carbons (Fsp3) is 0.200. The molecule has 1 aliphatic rings. The van der Waals surface area contributed by atoms with E-state index in [1.165, 1.54) is 0 Å². The van der Waals surface area contributed by atoms with Gasteiger partial charge in [-0.25, -0.2) is 0 Å². The highest BCUT2D eigenvalue weighted by Gasteiger charge is 2.17. The predicted octanol–water partition coefficient (Wildman–Crippen LogP) is 2.16. The molecule has 1 unspecified atom stereocenters. The van der Waals surface area contributed by atoms with Crippen molar-refractivity contribution in [2.24, 2.45) is 0 Å². The van der Waals surface area contributed by atoms with Crippen LogP contribution in [0, 0.1) is 11.3 Å². The molecule has 1 aromatic carbocycles. The first-order chi connectivity index (χ1) is 9.86. The average Bonchev–Trinajstić information content (AvgIpc) is 2.96. The lowest BCUT2D eigenvalue weighted by atomic mass is 10.1. The van der Waals surface area contributed by atoms with Crippen LogP contribution in [0.25, 0.3) is 0 Å². The Kier molecular flexibility index (Phi) is 3.48. The topological polar surface area (TPSA) is 67.2 Å². The van der Waals surface area contributed by atoms with Gasteiger partial charge in [0, 0.05) is 18.9 Å². The number of fused-ring (bicyclic) bond motifs is 1. The van der Waals surface area contributed by atoms with Crippen molar-refractivity contribution in [3.63, 3.8) is 0 Å². The number of ether oxygens (including phenoxy) is 2. The second-order valence-corrected chi connectivity index (χ2v) is 4.42. The molecule has 0 fully saturated rings. The van der Waals surface area contributed by atoms with Crippen molar-refractivity contribution in [2.75, 3.05) is 6.79 Å². The summed E-state index contributed by atoms with van der Waals surface area (Å²) in [5.74, 6) is 1.41. The Morgan fingerprint density at radius 3 is 3.00 bits per heavy atom. The number of benzene rings is 1. The van der Waals surface area contributed by atoms with Crippen LogP contribution in [0.5, 0.6) is 11.5 Å². The Morgan fingerprint density at radius 2 is 2.20 bits per heavy atom. The summed E-state index contributed by atoms with van der Waals surface area (Å²) in [5.41, 5.74) is 1.90. The number of hydrogen-bond donors (Lipinski definition) is 1. The molecule has 100 valence electrons. The van der Waals surface area contributed by atoms with Crippen LogP contribution in [-0.4, -0.2) is 11.8 Å². The van der Waals surface area contributed by atoms with Gasteiger partial charge >= 0.3 is 0 Å². The second-order valence-electron chi connectivity index (χ2n) is 4.42. The largest absolute Gasteiger partial charge is 0.454 e. The first-order valence-electron chi connectivity index (χ1n) is 6.28. The number of aromatic nitrogens is 1. The van der Waals surface area contributed by atoms with E-state index in [-0.39, 0.29) is 6.79 Å². The molecule has 0 aliphatic carbocycles. The van der Waals surface area contributed by atoms with E-state index in [1.807, 2.05) is 30.3 Å². The molecular weight excluding hydrogens is 254 g/mol. The zero-order valence-electron chi connectivity index (χ0n) is 10.7. The third-order valence-electron chi connectivity index (χ3n) is 3.09. The highest BCUT2D eigenvalue weighted by molar-refractivity contribution is 5.46. The molecule has 0 saturated heterocycles. The second kappa shape index (κ2) is 5.59. The predicted molar refractivity (Wildman–Crippen MR) is 72.0 cm³/mol. The summed E-state index contributed by atoms with van der Waals surface area (Å²) in [7, 11) is 0. The smallest absolute Gasteiger partial charge is 0.231 e. The van der Waals surface area contributed by atoms with E-state index in [4.69, 9.17) is 9.47 Å². The lowest BCUT2D eigenvalue weighted by molar-refractivity contribution is 0.174. The van der Waals surface area contributed by atoms with Crippen molar-refractivity contribution in [2.45, 2.75) is 12.6 Å². The van der Waals surface area contributed by atoms with Gasteiger partial charge in [-0.3, -0.25) is 10.3 Å². The zero-order valence-corrected chi connectivity index (χ0v) is 10.7. The third-order valence-corrected chi connectivity index (χ3v) is 3.09. The first-order valence-corrected chi connectivity index (χ1v) is 6.28. The Morgan fingerprint density at radius 1 is 1.30 bits per heavy atom. The van der Waals surface area contributed by atoms with Gasteiger partial charge in [0.1, 0.15) is 6.04 Å². The Bertz CT molecular complexity index is 637. The van der Waals surface area contributed by atoms with E-state index in [2.05, 4.69) is 16.4 Å². The summed E-state index contributed by atoms with van der Waals surface area (Å²) in [6, 6.07) is 11.2. The molecule has 20 heavy (non-hydrogen) atoms. The molecule has 1 aromatic heterocycles. The number of pyridine rings is 1. The number of rotatable bonds is 4. The summed E-state index contributed by atoms with van der Waals surface area (Å²) in [5, 5.41) is 12.5. The first kappa shape index (κ1) is 12.5. The number of hydrogen-bond acceptors (Lipinski definition) is 5. The molecule has 2 aromatic rings. The Hall–Kier alpha value is -2.58. The Balaban J connectivity index is 1.72. The minimum absolute atomic E-state index is 0.235. The van der Waals surface area contributed by atoms with Crippen LogP contribution in [0.1, 0.15) is 17.2 Å². The van der Waals surface area contributed by atoms with Crippen molar-refractivity contribution >= 4 is 0 Å². The van der Waals surface area contributed by atoms with Crippen LogP contribution < -0.4 is 14.8 Å². The number of nitrogens with one attached hydrogen (secondary N) is 1. The van der Waals surface area contributed by atoms with E-state index in [0.717, 1.165) is 16.9 Å². The SMILES string of the molecule is N#CC(NCc1cccnc1)c1ccc2c(c1)OCO2. The normalized spacial score (nSPS) is 13.8. The van der Waals surface area contributed by atoms with Crippen molar-refractivity contribution < 1.29 is 9.47 Å². The summed E-state index contributed by atoms with van der Waals surface area (Å²) in [6.45, 7) is 0.819. The minimum atomic E-state index is -0.398. The van der Waals surface area contributed by atoms with Gasteiger partial charge in [0.2, 0.25) is 6.79 Å². The monoisotopic (exact) mass is 267 g/mol. The summed E-state index contributed by atoms with van der Waals surface area (Å²) in [6.07, 6.45) is 3.50. The van der Waals surface area contributed by atoms with Gasteiger partial charge in [-0.1, -0.05) is 12.1 Å². The maximum atomic E-state index is 9.31. The summed E-state index contributed by atoms with van der Waals surface area (Å²) in [4.78, 5) is 4.05. The van der Waals surface area contributed by atoms with Crippen LogP contribution in [-0.2, 0) is 6.54 Å². The van der Waals surface area contributed by atoms with Crippen molar-refractivity contribution in [3.05, 3.63) is 53.9 Å². The van der Waals surface area contributed by atoms with Gasteiger partial charge in [0.25, 0.3) is 0 Å².